The molecular formula is C19H17N5S. The number of anilines is 2. The zero-order valence-electron chi connectivity index (χ0n) is 13.7. The highest BCUT2D eigenvalue weighted by Crippen LogP contribution is 2.38. The first-order valence-corrected chi connectivity index (χ1v) is 9.34. The topological polar surface area (TPSA) is 56.1 Å². The Labute approximate surface area is 150 Å². The quantitative estimate of drug-likeness (QED) is 0.713. The third kappa shape index (κ3) is 2.43. The summed E-state index contributed by atoms with van der Waals surface area (Å²) in [4.78, 5) is 14.0. The highest BCUT2D eigenvalue weighted by Gasteiger charge is 2.41. The molecule has 5 rings (SSSR count). The Hall–Kier alpha value is -2.65. The van der Waals surface area contributed by atoms with Gasteiger partial charge in [-0.05, 0) is 24.3 Å². The van der Waals surface area contributed by atoms with Crippen molar-refractivity contribution < 1.29 is 0 Å². The van der Waals surface area contributed by atoms with Gasteiger partial charge in [0.05, 0.1) is 15.8 Å². The van der Waals surface area contributed by atoms with E-state index in [0.29, 0.717) is 17.4 Å². The van der Waals surface area contributed by atoms with E-state index in [1.54, 1.807) is 17.5 Å². The van der Waals surface area contributed by atoms with Crippen LogP contribution in [0.3, 0.4) is 0 Å². The number of rotatable bonds is 2. The standard InChI is InChI=1S/C19H17N5S/c20-8-13-4-3-7-21-18(13)23-9-14-11-24(12-15(14)10-23)19-22-16-5-1-2-6-17(16)25-19/h1-7,14-15H,9-12H2. The first-order chi connectivity index (χ1) is 12.3. The van der Waals surface area contributed by atoms with Gasteiger partial charge in [-0.3, -0.25) is 0 Å². The molecule has 4 heterocycles. The van der Waals surface area contributed by atoms with E-state index in [0.717, 1.165) is 42.6 Å². The number of hydrogen-bond donors (Lipinski definition) is 0. The number of aromatic nitrogens is 2. The van der Waals surface area contributed by atoms with E-state index in [1.165, 1.54) is 4.70 Å². The van der Waals surface area contributed by atoms with Crippen molar-refractivity contribution in [1.29, 1.82) is 5.26 Å². The summed E-state index contributed by atoms with van der Waals surface area (Å²) in [5.74, 6) is 2.06. The zero-order chi connectivity index (χ0) is 16.8. The average Bonchev–Trinajstić information content (AvgIpc) is 3.33. The normalized spacial score (nSPS) is 22.4. The summed E-state index contributed by atoms with van der Waals surface area (Å²) in [5.41, 5.74) is 1.76. The number of fused-ring (bicyclic) bond motifs is 2. The molecule has 25 heavy (non-hydrogen) atoms. The number of thiazole rings is 1. The van der Waals surface area contributed by atoms with Crippen LogP contribution in [0.5, 0.6) is 0 Å². The van der Waals surface area contributed by atoms with Crippen molar-refractivity contribution in [3.8, 4) is 6.07 Å². The van der Waals surface area contributed by atoms with Gasteiger partial charge < -0.3 is 9.80 Å². The van der Waals surface area contributed by atoms with Crippen LogP contribution in [-0.2, 0) is 0 Å². The van der Waals surface area contributed by atoms with Gasteiger partial charge in [-0.1, -0.05) is 23.5 Å². The largest absolute Gasteiger partial charge is 0.355 e. The molecule has 0 bridgehead atoms. The van der Waals surface area contributed by atoms with Crippen LogP contribution in [0.25, 0.3) is 10.2 Å². The van der Waals surface area contributed by atoms with Crippen molar-refractivity contribution in [2.45, 2.75) is 0 Å². The molecule has 0 aliphatic carbocycles. The number of para-hydroxylation sites is 1. The van der Waals surface area contributed by atoms with Crippen LogP contribution in [-0.4, -0.2) is 36.1 Å². The Morgan fingerprint density at radius 3 is 2.52 bits per heavy atom. The lowest BCUT2D eigenvalue weighted by atomic mass is 10.0. The van der Waals surface area contributed by atoms with Crippen molar-refractivity contribution in [1.82, 2.24) is 9.97 Å². The molecule has 3 aromatic rings. The van der Waals surface area contributed by atoms with Crippen molar-refractivity contribution in [2.24, 2.45) is 11.8 Å². The monoisotopic (exact) mass is 347 g/mol. The lowest BCUT2D eigenvalue weighted by Gasteiger charge is -2.22. The van der Waals surface area contributed by atoms with Gasteiger partial charge in [-0.25, -0.2) is 9.97 Å². The Morgan fingerprint density at radius 2 is 1.76 bits per heavy atom. The van der Waals surface area contributed by atoms with E-state index in [2.05, 4.69) is 39.1 Å². The molecule has 2 unspecified atom stereocenters. The highest BCUT2D eigenvalue weighted by molar-refractivity contribution is 7.22. The Morgan fingerprint density at radius 1 is 1.00 bits per heavy atom. The number of hydrogen-bond acceptors (Lipinski definition) is 6. The first-order valence-electron chi connectivity index (χ1n) is 8.52. The molecule has 2 saturated heterocycles. The molecular weight excluding hydrogens is 330 g/mol. The molecule has 0 radical (unpaired) electrons. The molecule has 2 aliphatic heterocycles. The lowest BCUT2D eigenvalue weighted by molar-refractivity contribution is 0.533. The molecule has 2 atom stereocenters. The summed E-state index contributed by atoms with van der Waals surface area (Å²) in [7, 11) is 0. The molecule has 5 nitrogen and oxygen atoms in total. The third-order valence-electron chi connectivity index (χ3n) is 5.25. The van der Waals surface area contributed by atoms with E-state index in [1.807, 2.05) is 18.2 Å². The summed E-state index contributed by atoms with van der Waals surface area (Å²) in [6, 6.07) is 14.3. The number of benzene rings is 1. The van der Waals surface area contributed by atoms with Crippen LogP contribution >= 0.6 is 11.3 Å². The van der Waals surface area contributed by atoms with Gasteiger partial charge in [0.1, 0.15) is 11.9 Å². The molecule has 0 saturated carbocycles. The minimum atomic E-state index is 0.612. The summed E-state index contributed by atoms with van der Waals surface area (Å²) in [6.07, 6.45) is 1.78. The maximum atomic E-state index is 9.31. The third-order valence-corrected chi connectivity index (χ3v) is 6.34. The van der Waals surface area contributed by atoms with Crippen LogP contribution in [0.4, 0.5) is 10.9 Å². The van der Waals surface area contributed by atoms with Crippen molar-refractivity contribution in [3.63, 3.8) is 0 Å². The summed E-state index contributed by atoms with van der Waals surface area (Å²) < 4.78 is 1.25. The Bertz CT molecular complexity index is 928. The zero-order valence-corrected chi connectivity index (χ0v) is 14.5. The van der Waals surface area contributed by atoms with E-state index in [-0.39, 0.29) is 0 Å². The van der Waals surface area contributed by atoms with Crippen molar-refractivity contribution in [2.75, 3.05) is 36.0 Å². The number of nitrogens with zero attached hydrogens (tertiary/aromatic N) is 5. The van der Waals surface area contributed by atoms with E-state index in [9.17, 15) is 5.26 Å². The second-order valence-corrected chi connectivity index (χ2v) is 7.79. The fourth-order valence-corrected chi connectivity index (χ4v) is 5.04. The van der Waals surface area contributed by atoms with Crippen molar-refractivity contribution in [3.05, 3.63) is 48.2 Å². The second-order valence-electron chi connectivity index (χ2n) is 6.78. The summed E-state index contributed by atoms with van der Waals surface area (Å²) in [5, 5.41) is 10.4. The first kappa shape index (κ1) is 14.7. The lowest BCUT2D eigenvalue weighted by Crippen LogP contribution is -2.29. The van der Waals surface area contributed by atoms with E-state index >= 15 is 0 Å². The average molecular weight is 347 g/mol. The highest BCUT2D eigenvalue weighted by atomic mass is 32.1. The summed E-state index contributed by atoms with van der Waals surface area (Å²) >= 11 is 1.78. The maximum Gasteiger partial charge on any atom is 0.186 e. The minimum absolute atomic E-state index is 0.612. The van der Waals surface area contributed by atoms with Crippen LogP contribution in [0, 0.1) is 23.2 Å². The fourth-order valence-electron chi connectivity index (χ4n) is 4.05. The molecule has 6 heteroatoms. The molecule has 0 N–H and O–H groups in total. The molecule has 1 aromatic carbocycles. The van der Waals surface area contributed by atoms with Gasteiger partial charge in [-0.15, -0.1) is 0 Å². The minimum Gasteiger partial charge on any atom is -0.355 e. The Kier molecular flexibility index (Phi) is 3.35. The molecule has 0 spiro atoms. The Balaban J connectivity index is 1.34. The van der Waals surface area contributed by atoms with Crippen LogP contribution in [0.1, 0.15) is 5.56 Å². The van der Waals surface area contributed by atoms with Crippen LogP contribution < -0.4 is 9.80 Å². The maximum absolute atomic E-state index is 9.31. The van der Waals surface area contributed by atoms with Gasteiger partial charge in [0.2, 0.25) is 0 Å². The van der Waals surface area contributed by atoms with Gasteiger partial charge in [0, 0.05) is 44.2 Å². The molecule has 2 aliphatic rings. The van der Waals surface area contributed by atoms with Gasteiger partial charge >= 0.3 is 0 Å². The summed E-state index contributed by atoms with van der Waals surface area (Å²) in [6.45, 7) is 4.01. The molecule has 0 amide bonds. The van der Waals surface area contributed by atoms with Crippen molar-refractivity contribution >= 4 is 32.5 Å². The van der Waals surface area contributed by atoms with Gasteiger partial charge in [0.15, 0.2) is 5.13 Å². The van der Waals surface area contributed by atoms with E-state index in [4.69, 9.17) is 4.98 Å². The molecule has 2 fully saturated rings. The van der Waals surface area contributed by atoms with Gasteiger partial charge in [0.25, 0.3) is 0 Å². The van der Waals surface area contributed by atoms with Crippen LogP contribution in [0.15, 0.2) is 42.6 Å². The fraction of sp³-hybridized carbons (Fsp3) is 0.316. The molecule has 2 aromatic heterocycles. The smallest absolute Gasteiger partial charge is 0.186 e. The van der Waals surface area contributed by atoms with E-state index < -0.39 is 0 Å². The predicted octanol–water partition coefficient (Wildman–Crippen LogP) is 3.14. The number of nitriles is 1. The van der Waals surface area contributed by atoms with Gasteiger partial charge in [-0.2, -0.15) is 5.26 Å². The molecule has 124 valence electrons. The number of pyridine rings is 1. The van der Waals surface area contributed by atoms with Crippen LogP contribution in [0.2, 0.25) is 0 Å². The SMILES string of the molecule is N#Cc1cccnc1N1CC2CN(c3nc4ccccc4s3)CC2C1. The second kappa shape index (κ2) is 5.71. The predicted molar refractivity (Wildman–Crippen MR) is 100.0 cm³/mol.